The number of pyridine rings is 1. The summed E-state index contributed by atoms with van der Waals surface area (Å²) in [5.41, 5.74) is 4.11. The Kier molecular flexibility index (Phi) is 5.31. The zero-order chi connectivity index (χ0) is 17.6. The van der Waals surface area contributed by atoms with Gasteiger partial charge in [-0.2, -0.15) is 0 Å². The van der Waals surface area contributed by atoms with Gasteiger partial charge in [0.05, 0.1) is 10.7 Å². The van der Waals surface area contributed by atoms with Gasteiger partial charge in [-0.1, -0.05) is 48.0 Å². The van der Waals surface area contributed by atoms with Crippen molar-refractivity contribution in [1.29, 1.82) is 0 Å². The Hall–Kier alpha value is -2.85. The average molecular weight is 352 g/mol. The van der Waals surface area contributed by atoms with Crippen LogP contribution in [0.15, 0.2) is 66.9 Å². The summed E-state index contributed by atoms with van der Waals surface area (Å²) in [5.74, 6) is -0.217. The van der Waals surface area contributed by atoms with Crippen LogP contribution in [-0.4, -0.2) is 10.9 Å². The van der Waals surface area contributed by atoms with Crippen LogP contribution in [0.25, 0.3) is 0 Å². The summed E-state index contributed by atoms with van der Waals surface area (Å²) >= 11 is 6.15. The molecule has 3 aromatic rings. The van der Waals surface area contributed by atoms with Gasteiger partial charge in [-0.3, -0.25) is 9.78 Å². The summed E-state index contributed by atoms with van der Waals surface area (Å²) < 4.78 is 0. The van der Waals surface area contributed by atoms with Crippen molar-refractivity contribution in [3.8, 4) is 0 Å². The molecule has 1 heterocycles. The topological polar surface area (TPSA) is 54.0 Å². The number of benzene rings is 2. The number of aromatic nitrogens is 1. The van der Waals surface area contributed by atoms with E-state index in [0.717, 1.165) is 22.5 Å². The summed E-state index contributed by atoms with van der Waals surface area (Å²) in [5, 5.41) is 6.72. The second kappa shape index (κ2) is 7.81. The summed E-state index contributed by atoms with van der Waals surface area (Å²) in [7, 11) is 0. The molecule has 0 bridgehead atoms. The number of hydrogen-bond donors (Lipinski definition) is 2. The van der Waals surface area contributed by atoms with Crippen molar-refractivity contribution in [2.45, 2.75) is 13.5 Å². The van der Waals surface area contributed by atoms with E-state index in [4.69, 9.17) is 11.6 Å². The lowest BCUT2D eigenvalue weighted by Gasteiger charge is -2.10. The Labute approximate surface area is 151 Å². The van der Waals surface area contributed by atoms with E-state index < -0.39 is 0 Å². The Bertz CT molecular complexity index is 895. The summed E-state index contributed by atoms with van der Waals surface area (Å²) in [6.07, 6.45) is 1.60. The van der Waals surface area contributed by atoms with Crippen LogP contribution in [0.5, 0.6) is 0 Å². The third kappa shape index (κ3) is 4.37. The number of rotatable bonds is 5. The van der Waals surface area contributed by atoms with Crippen molar-refractivity contribution in [3.05, 3.63) is 88.7 Å². The van der Waals surface area contributed by atoms with Gasteiger partial charge in [0.2, 0.25) is 0 Å². The Morgan fingerprint density at radius 2 is 1.84 bits per heavy atom. The molecule has 1 amide bonds. The normalized spacial score (nSPS) is 10.3. The number of aryl methyl sites for hydroxylation is 1. The van der Waals surface area contributed by atoms with Crippen LogP contribution in [0.3, 0.4) is 0 Å². The van der Waals surface area contributed by atoms with Crippen molar-refractivity contribution in [1.82, 2.24) is 10.3 Å². The zero-order valence-corrected chi connectivity index (χ0v) is 14.5. The van der Waals surface area contributed by atoms with E-state index in [1.165, 1.54) is 0 Å². The molecule has 126 valence electrons. The minimum absolute atomic E-state index is 0.217. The van der Waals surface area contributed by atoms with E-state index in [-0.39, 0.29) is 5.91 Å². The monoisotopic (exact) mass is 351 g/mol. The van der Waals surface area contributed by atoms with Gasteiger partial charge in [-0.25, -0.2) is 0 Å². The third-order valence-electron chi connectivity index (χ3n) is 3.85. The van der Waals surface area contributed by atoms with Crippen LogP contribution in [-0.2, 0) is 6.54 Å². The number of carbonyl (C=O) groups is 1. The maximum atomic E-state index is 12.4. The first-order chi connectivity index (χ1) is 12.1. The molecule has 1 aromatic heterocycles. The van der Waals surface area contributed by atoms with Crippen LogP contribution in [0.2, 0.25) is 5.02 Å². The third-order valence-corrected chi connectivity index (χ3v) is 4.18. The Morgan fingerprint density at radius 3 is 2.64 bits per heavy atom. The number of nitrogens with zero attached hydrogens (tertiary/aromatic N) is 1. The fraction of sp³-hybridized carbons (Fsp3) is 0.100. The molecule has 0 aliphatic rings. The van der Waals surface area contributed by atoms with E-state index in [1.54, 1.807) is 24.4 Å². The van der Waals surface area contributed by atoms with Gasteiger partial charge in [0.1, 0.15) is 5.69 Å². The summed E-state index contributed by atoms with van der Waals surface area (Å²) in [4.78, 5) is 16.5. The van der Waals surface area contributed by atoms with Gasteiger partial charge >= 0.3 is 0 Å². The smallest absolute Gasteiger partial charge is 0.270 e. The fourth-order valence-electron chi connectivity index (χ4n) is 2.43. The zero-order valence-electron chi connectivity index (χ0n) is 13.8. The van der Waals surface area contributed by atoms with Crippen LogP contribution >= 0.6 is 11.6 Å². The van der Waals surface area contributed by atoms with E-state index >= 15 is 0 Å². The number of halogens is 1. The SMILES string of the molecule is Cc1ccccc1CNC(=O)c1cc(Nc2ccccc2Cl)ccn1. The lowest BCUT2D eigenvalue weighted by molar-refractivity contribution is 0.0946. The van der Waals surface area contributed by atoms with Crippen molar-refractivity contribution in [2.75, 3.05) is 5.32 Å². The van der Waals surface area contributed by atoms with Crippen LogP contribution in [0, 0.1) is 6.92 Å². The maximum absolute atomic E-state index is 12.4. The number of carbonyl (C=O) groups excluding carboxylic acids is 1. The largest absolute Gasteiger partial charge is 0.354 e. The molecule has 0 saturated heterocycles. The molecule has 2 N–H and O–H groups in total. The number of para-hydroxylation sites is 1. The van der Waals surface area contributed by atoms with Gasteiger partial charge in [0.25, 0.3) is 5.91 Å². The molecule has 0 atom stereocenters. The highest BCUT2D eigenvalue weighted by molar-refractivity contribution is 6.33. The minimum atomic E-state index is -0.217. The van der Waals surface area contributed by atoms with Crippen LogP contribution in [0.4, 0.5) is 11.4 Å². The molecule has 0 aliphatic heterocycles. The average Bonchev–Trinajstić information content (AvgIpc) is 2.63. The molecule has 0 radical (unpaired) electrons. The summed E-state index contributed by atoms with van der Waals surface area (Å²) in [6, 6.07) is 18.9. The molecule has 4 nitrogen and oxygen atoms in total. The van der Waals surface area contributed by atoms with Crippen molar-refractivity contribution < 1.29 is 4.79 Å². The molecule has 5 heteroatoms. The second-order valence-electron chi connectivity index (χ2n) is 5.64. The van der Waals surface area contributed by atoms with E-state index in [9.17, 15) is 4.79 Å². The van der Waals surface area contributed by atoms with Gasteiger partial charge in [-0.15, -0.1) is 0 Å². The molecule has 0 saturated carbocycles. The number of hydrogen-bond acceptors (Lipinski definition) is 3. The highest BCUT2D eigenvalue weighted by atomic mass is 35.5. The predicted molar refractivity (Wildman–Crippen MR) is 101 cm³/mol. The minimum Gasteiger partial charge on any atom is -0.354 e. The van der Waals surface area contributed by atoms with Crippen LogP contribution < -0.4 is 10.6 Å². The molecule has 0 spiro atoms. The molecule has 0 unspecified atom stereocenters. The van der Waals surface area contributed by atoms with E-state index in [1.807, 2.05) is 49.4 Å². The van der Waals surface area contributed by atoms with E-state index in [2.05, 4.69) is 15.6 Å². The van der Waals surface area contributed by atoms with Gasteiger partial charge < -0.3 is 10.6 Å². The van der Waals surface area contributed by atoms with Crippen molar-refractivity contribution in [3.63, 3.8) is 0 Å². The first-order valence-corrected chi connectivity index (χ1v) is 8.31. The highest BCUT2D eigenvalue weighted by Crippen LogP contribution is 2.24. The highest BCUT2D eigenvalue weighted by Gasteiger charge is 2.09. The number of nitrogens with one attached hydrogen (secondary N) is 2. The molecule has 3 rings (SSSR count). The molecule has 0 aliphatic carbocycles. The second-order valence-corrected chi connectivity index (χ2v) is 6.05. The van der Waals surface area contributed by atoms with E-state index in [0.29, 0.717) is 17.3 Å². The Balaban J connectivity index is 1.69. The first-order valence-electron chi connectivity index (χ1n) is 7.94. The standard InChI is InChI=1S/C20H18ClN3O/c1-14-6-2-3-7-15(14)13-23-20(25)19-12-16(10-11-22-19)24-18-9-5-4-8-17(18)21/h2-12H,13H2,1H3,(H,22,24)(H,23,25). The quantitative estimate of drug-likeness (QED) is 0.699. The van der Waals surface area contributed by atoms with Crippen LogP contribution in [0.1, 0.15) is 21.6 Å². The number of amides is 1. The molecule has 25 heavy (non-hydrogen) atoms. The molecular weight excluding hydrogens is 334 g/mol. The maximum Gasteiger partial charge on any atom is 0.270 e. The molecular formula is C20H18ClN3O. The lowest BCUT2D eigenvalue weighted by Crippen LogP contribution is -2.24. The molecule has 0 fully saturated rings. The Morgan fingerprint density at radius 1 is 1.08 bits per heavy atom. The van der Waals surface area contributed by atoms with Crippen molar-refractivity contribution >= 4 is 28.9 Å². The fourth-order valence-corrected chi connectivity index (χ4v) is 2.61. The van der Waals surface area contributed by atoms with Gasteiger partial charge in [-0.05, 0) is 42.3 Å². The number of anilines is 2. The molecule has 2 aromatic carbocycles. The first kappa shape index (κ1) is 17.0. The lowest BCUT2D eigenvalue weighted by atomic mass is 10.1. The summed E-state index contributed by atoms with van der Waals surface area (Å²) in [6.45, 7) is 2.49. The predicted octanol–water partition coefficient (Wildman–Crippen LogP) is 4.72. The van der Waals surface area contributed by atoms with Crippen molar-refractivity contribution in [2.24, 2.45) is 0 Å². The van der Waals surface area contributed by atoms with Gasteiger partial charge in [0.15, 0.2) is 0 Å². The van der Waals surface area contributed by atoms with Gasteiger partial charge in [0, 0.05) is 18.4 Å².